The summed E-state index contributed by atoms with van der Waals surface area (Å²) < 4.78 is 5.22. The summed E-state index contributed by atoms with van der Waals surface area (Å²) in [5, 5.41) is 3.03. The Morgan fingerprint density at radius 3 is 2.73 bits per heavy atom. The monoisotopic (exact) mass is 359 g/mol. The summed E-state index contributed by atoms with van der Waals surface area (Å²) in [6.45, 7) is 2.78. The average Bonchev–Trinajstić information content (AvgIpc) is 3.29. The van der Waals surface area contributed by atoms with E-state index in [0.717, 1.165) is 0 Å². The SMILES string of the molecule is CCOC(=O)C1NNCC1C1CC(=O)NC2NNC(c3ccccc3)C21. The van der Waals surface area contributed by atoms with Crippen molar-refractivity contribution in [1.29, 1.82) is 0 Å². The van der Waals surface area contributed by atoms with Crippen LogP contribution in [0.2, 0.25) is 0 Å². The van der Waals surface area contributed by atoms with Gasteiger partial charge in [-0.1, -0.05) is 30.3 Å². The Hall–Kier alpha value is -2.00. The van der Waals surface area contributed by atoms with Gasteiger partial charge in [-0.15, -0.1) is 0 Å². The van der Waals surface area contributed by atoms with Gasteiger partial charge >= 0.3 is 5.97 Å². The number of piperidine rings is 1. The maximum Gasteiger partial charge on any atom is 0.324 e. The maximum atomic E-state index is 12.4. The van der Waals surface area contributed by atoms with Crippen LogP contribution in [0.5, 0.6) is 0 Å². The summed E-state index contributed by atoms with van der Waals surface area (Å²) in [6, 6.07) is 9.82. The molecule has 3 aliphatic rings. The molecule has 1 aromatic carbocycles. The second-order valence-corrected chi connectivity index (χ2v) is 7.09. The van der Waals surface area contributed by atoms with Crippen LogP contribution in [0, 0.1) is 17.8 Å². The van der Waals surface area contributed by atoms with E-state index < -0.39 is 6.04 Å². The molecule has 6 atom stereocenters. The van der Waals surface area contributed by atoms with E-state index in [0.29, 0.717) is 19.6 Å². The number of carbonyl (C=O) groups excluding carboxylic acids is 2. The van der Waals surface area contributed by atoms with Gasteiger partial charge in [-0.3, -0.25) is 15.0 Å². The largest absolute Gasteiger partial charge is 0.465 e. The summed E-state index contributed by atoms with van der Waals surface area (Å²) in [7, 11) is 0. The van der Waals surface area contributed by atoms with E-state index in [1.807, 2.05) is 18.2 Å². The molecule has 8 nitrogen and oxygen atoms in total. The van der Waals surface area contributed by atoms with E-state index in [1.54, 1.807) is 6.92 Å². The third-order valence-electron chi connectivity index (χ3n) is 5.67. The van der Waals surface area contributed by atoms with Crippen LogP contribution in [-0.4, -0.2) is 37.2 Å². The predicted octanol–water partition coefficient (Wildman–Crippen LogP) is -0.430. The number of carbonyl (C=O) groups is 2. The molecular formula is C18H25N5O3. The third-order valence-corrected chi connectivity index (χ3v) is 5.67. The molecule has 0 bridgehead atoms. The normalized spacial score (nSPS) is 36.4. The molecule has 26 heavy (non-hydrogen) atoms. The fourth-order valence-electron chi connectivity index (χ4n) is 4.55. The van der Waals surface area contributed by atoms with Crippen LogP contribution in [0.15, 0.2) is 30.3 Å². The van der Waals surface area contributed by atoms with Crippen LogP contribution < -0.4 is 27.0 Å². The standard InChI is InChI=1S/C18H25N5O3/c1-2-26-18(25)16-12(9-19-21-16)11-8-13(24)20-17-14(11)15(22-23-17)10-6-4-3-5-7-10/h3-7,11-12,14-17,19,21-23H,2,8-9H2,1H3,(H,20,24). The van der Waals surface area contributed by atoms with Gasteiger partial charge in [0, 0.05) is 24.8 Å². The van der Waals surface area contributed by atoms with E-state index in [4.69, 9.17) is 4.74 Å². The topological polar surface area (TPSA) is 104 Å². The summed E-state index contributed by atoms with van der Waals surface area (Å²) in [5.41, 5.74) is 13.9. The number of fused-ring (bicyclic) bond motifs is 1. The molecule has 1 aromatic rings. The number of nitrogens with one attached hydrogen (secondary N) is 5. The van der Waals surface area contributed by atoms with Crippen molar-refractivity contribution in [3.63, 3.8) is 0 Å². The van der Waals surface area contributed by atoms with Crippen molar-refractivity contribution < 1.29 is 14.3 Å². The minimum atomic E-state index is -0.441. The Morgan fingerprint density at radius 1 is 1.15 bits per heavy atom. The van der Waals surface area contributed by atoms with E-state index in [1.165, 1.54) is 5.56 Å². The van der Waals surface area contributed by atoms with Gasteiger partial charge in [0.15, 0.2) is 0 Å². The van der Waals surface area contributed by atoms with Crippen LogP contribution in [-0.2, 0) is 14.3 Å². The van der Waals surface area contributed by atoms with Crippen molar-refractivity contribution in [3.8, 4) is 0 Å². The first-order chi connectivity index (χ1) is 12.7. The van der Waals surface area contributed by atoms with Crippen LogP contribution in [0.3, 0.4) is 0 Å². The number of hydrogen-bond donors (Lipinski definition) is 5. The fraction of sp³-hybridized carbons (Fsp3) is 0.556. The highest BCUT2D eigenvalue weighted by atomic mass is 16.5. The molecule has 5 N–H and O–H groups in total. The number of hydrazine groups is 2. The van der Waals surface area contributed by atoms with Gasteiger partial charge in [0.1, 0.15) is 6.04 Å². The first-order valence-corrected chi connectivity index (χ1v) is 9.19. The molecule has 0 radical (unpaired) electrons. The Labute approximate surface area is 152 Å². The molecule has 3 fully saturated rings. The molecule has 6 unspecified atom stereocenters. The molecule has 0 saturated carbocycles. The van der Waals surface area contributed by atoms with Gasteiger partial charge in [0.05, 0.1) is 18.8 Å². The van der Waals surface area contributed by atoms with Crippen LogP contribution in [0.4, 0.5) is 0 Å². The van der Waals surface area contributed by atoms with Crippen molar-refractivity contribution in [3.05, 3.63) is 35.9 Å². The molecule has 3 saturated heterocycles. The molecule has 140 valence electrons. The third kappa shape index (κ3) is 3.09. The van der Waals surface area contributed by atoms with Gasteiger partial charge in [-0.05, 0) is 18.4 Å². The quantitative estimate of drug-likeness (QED) is 0.465. The van der Waals surface area contributed by atoms with Crippen molar-refractivity contribution in [2.45, 2.75) is 31.6 Å². The zero-order chi connectivity index (χ0) is 18.1. The highest BCUT2D eigenvalue weighted by molar-refractivity contribution is 5.79. The number of esters is 1. The lowest BCUT2D eigenvalue weighted by atomic mass is 9.70. The van der Waals surface area contributed by atoms with Gasteiger partial charge in [-0.25, -0.2) is 16.3 Å². The highest BCUT2D eigenvalue weighted by Crippen LogP contribution is 2.42. The molecular weight excluding hydrogens is 334 g/mol. The van der Waals surface area contributed by atoms with Gasteiger partial charge < -0.3 is 10.1 Å². The van der Waals surface area contributed by atoms with E-state index in [-0.39, 0.29) is 41.8 Å². The second kappa shape index (κ2) is 7.32. The molecule has 4 rings (SSSR count). The van der Waals surface area contributed by atoms with E-state index >= 15 is 0 Å². The summed E-state index contributed by atoms with van der Waals surface area (Å²) >= 11 is 0. The van der Waals surface area contributed by atoms with E-state index in [9.17, 15) is 9.59 Å². The lowest BCUT2D eigenvalue weighted by molar-refractivity contribution is -0.148. The minimum Gasteiger partial charge on any atom is -0.465 e. The molecule has 3 heterocycles. The van der Waals surface area contributed by atoms with Crippen LogP contribution in [0.25, 0.3) is 0 Å². The smallest absolute Gasteiger partial charge is 0.324 e. The molecule has 8 heteroatoms. The molecule has 0 aliphatic carbocycles. The summed E-state index contributed by atoms with van der Waals surface area (Å²) in [4.78, 5) is 24.6. The molecule has 0 spiro atoms. The Kier molecular flexibility index (Phi) is 4.90. The number of hydrogen-bond acceptors (Lipinski definition) is 7. The Balaban J connectivity index is 1.62. The predicted molar refractivity (Wildman–Crippen MR) is 94.0 cm³/mol. The summed E-state index contributed by atoms with van der Waals surface area (Å²) in [6.07, 6.45) is 0.243. The average molecular weight is 359 g/mol. The zero-order valence-electron chi connectivity index (χ0n) is 14.7. The molecule has 0 aromatic heterocycles. The Bertz CT molecular complexity index is 670. The number of benzene rings is 1. The second-order valence-electron chi connectivity index (χ2n) is 7.09. The van der Waals surface area contributed by atoms with Crippen molar-refractivity contribution in [1.82, 2.24) is 27.0 Å². The molecule has 1 amide bonds. The first kappa shape index (κ1) is 17.4. The van der Waals surface area contributed by atoms with Gasteiger partial charge in [-0.2, -0.15) is 0 Å². The lowest BCUT2D eigenvalue weighted by Gasteiger charge is -2.39. The minimum absolute atomic E-state index is 0.00812. The van der Waals surface area contributed by atoms with Crippen molar-refractivity contribution >= 4 is 11.9 Å². The Morgan fingerprint density at radius 2 is 1.96 bits per heavy atom. The summed E-state index contributed by atoms with van der Waals surface area (Å²) in [5.74, 6) is -0.0911. The van der Waals surface area contributed by atoms with E-state index in [2.05, 4.69) is 39.2 Å². The number of amides is 1. The molecule has 3 aliphatic heterocycles. The van der Waals surface area contributed by atoms with Crippen molar-refractivity contribution in [2.24, 2.45) is 17.8 Å². The highest BCUT2D eigenvalue weighted by Gasteiger charge is 2.52. The fourth-order valence-corrected chi connectivity index (χ4v) is 4.55. The van der Waals surface area contributed by atoms with Crippen LogP contribution >= 0.6 is 0 Å². The maximum absolute atomic E-state index is 12.4. The van der Waals surface area contributed by atoms with Crippen molar-refractivity contribution in [2.75, 3.05) is 13.2 Å². The first-order valence-electron chi connectivity index (χ1n) is 9.19. The van der Waals surface area contributed by atoms with Gasteiger partial charge in [0.25, 0.3) is 0 Å². The van der Waals surface area contributed by atoms with Gasteiger partial charge in [0.2, 0.25) is 5.91 Å². The zero-order valence-corrected chi connectivity index (χ0v) is 14.7. The number of ether oxygens (including phenoxy) is 1. The van der Waals surface area contributed by atoms with Crippen LogP contribution in [0.1, 0.15) is 24.9 Å². The number of rotatable bonds is 4. The lowest BCUT2D eigenvalue weighted by Crippen LogP contribution is -2.56.